The van der Waals surface area contributed by atoms with Crippen LogP contribution in [0.5, 0.6) is 0 Å². The van der Waals surface area contributed by atoms with Gasteiger partial charge < -0.3 is 9.84 Å². The molecular weight excluding hydrogens is 255 g/mol. The van der Waals surface area contributed by atoms with Crippen LogP contribution in [0.2, 0.25) is 0 Å². The zero-order chi connectivity index (χ0) is 14.1. The predicted molar refractivity (Wildman–Crippen MR) is 52.3 cm³/mol. The number of pyridine rings is 1. The Labute approximate surface area is 99.2 Å². The fourth-order valence-electron chi connectivity index (χ4n) is 1.30. The van der Waals surface area contributed by atoms with Crippen LogP contribution in [-0.2, 0) is 10.9 Å². The number of hydrogen-bond acceptors (Lipinski definition) is 4. The minimum Gasteiger partial charge on any atom is -0.478 e. The third kappa shape index (κ3) is 2.58. The van der Waals surface area contributed by atoms with Gasteiger partial charge >= 0.3 is 18.1 Å². The van der Waals surface area contributed by atoms with Gasteiger partial charge in [0, 0.05) is 0 Å². The molecule has 1 aromatic heterocycles. The van der Waals surface area contributed by atoms with E-state index in [-0.39, 0.29) is 5.69 Å². The number of carboxylic acids is 1. The smallest absolute Gasteiger partial charge is 0.434 e. The normalized spacial score (nSPS) is 11.2. The summed E-state index contributed by atoms with van der Waals surface area (Å²) < 4.78 is 42.1. The van der Waals surface area contributed by atoms with Gasteiger partial charge in [-0.05, 0) is 13.0 Å². The van der Waals surface area contributed by atoms with E-state index in [2.05, 4.69) is 9.72 Å². The second-order valence-electron chi connectivity index (χ2n) is 3.31. The van der Waals surface area contributed by atoms with Gasteiger partial charge in [0.2, 0.25) is 0 Å². The lowest BCUT2D eigenvalue weighted by Gasteiger charge is -2.12. The molecule has 5 nitrogen and oxygen atoms in total. The number of rotatable bonds is 2. The standard InChI is InChI=1S/C10H8F3NO4/c1-4-5(8(15)16)3-6(9(17)18-2)7(14-4)10(11,12)13/h3H,1-2H3,(H,15,16). The average molecular weight is 263 g/mol. The number of alkyl halides is 3. The molecule has 0 aromatic carbocycles. The predicted octanol–water partition coefficient (Wildman–Crippen LogP) is 1.89. The molecule has 18 heavy (non-hydrogen) atoms. The minimum atomic E-state index is -4.87. The van der Waals surface area contributed by atoms with Gasteiger partial charge in [-0.1, -0.05) is 0 Å². The van der Waals surface area contributed by atoms with Crippen LogP contribution in [0.4, 0.5) is 13.2 Å². The van der Waals surface area contributed by atoms with Crippen LogP contribution in [0, 0.1) is 6.92 Å². The summed E-state index contributed by atoms with van der Waals surface area (Å²) in [5.74, 6) is -2.77. The molecule has 1 rings (SSSR count). The SMILES string of the molecule is COC(=O)c1cc(C(=O)O)c(C)nc1C(F)(F)F. The summed E-state index contributed by atoms with van der Waals surface area (Å²) in [4.78, 5) is 25.1. The minimum absolute atomic E-state index is 0.331. The molecule has 0 aliphatic carbocycles. The first-order chi connectivity index (χ1) is 8.18. The van der Waals surface area contributed by atoms with Crippen LogP contribution in [0.3, 0.4) is 0 Å². The maximum absolute atomic E-state index is 12.6. The Morgan fingerprint density at radius 1 is 1.33 bits per heavy atom. The van der Waals surface area contributed by atoms with Crippen LogP contribution < -0.4 is 0 Å². The number of nitrogens with zero attached hydrogens (tertiary/aromatic N) is 1. The molecule has 0 saturated heterocycles. The van der Waals surface area contributed by atoms with Crippen molar-refractivity contribution in [3.05, 3.63) is 28.6 Å². The summed E-state index contributed by atoms with van der Waals surface area (Å²) in [6.07, 6.45) is -4.87. The van der Waals surface area contributed by atoms with Crippen LogP contribution in [0.15, 0.2) is 6.07 Å². The molecule has 1 heterocycles. The van der Waals surface area contributed by atoms with Gasteiger partial charge in [0.25, 0.3) is 0 Å². The molecule has 0 fully saturated rings. The summed E-state index contributed by atoms with van der Waals surface area (Å²) in [7, 11) is 0.892. The molecule has 0 amide bonds. The second kappa shape index (κ2) is 4.63. The van der Waals surface area contributed by atoms with Gasteiger partial charge in [-0.2, -0.15) is 13.2 Å². The third-order valence-electron chi connectivity index (χ3n) is 2.12. The number of carbonyl (C=O) groups is 2. The Morgan fingerprint density at radius 2 is 1.89 bits per heavy atom. The van der Waals surface area contributed by atoms with Gasteiger partial charge in [0.15, 0.2) is 5.69 Å². The van der Waals surface area contributed by atoms with E-state index in [4.69, 9.17) is 5.11 Å². The first-order valence-corrected chi connectivity index (χ1v) is 4.59. The highest BCUT2D eigenvalue weighted by Gasteiger charge is 2.38. The number of carboxylic acid groups (broad SMARTS) is 1. The molecule has 0 aliphatic heterocycles. The highest BCUT2D eigenvalue weighted by molar-refractivity contribution is 5.95. The van der Waals surface area contributed by atoms with Gasteiger partial charge in [-0.25, -0.2) is 14.6 Å². The Bertz CT molecular complexity index is 511. The van der Waals surface area contributed by atoms with Gasteiger partial charge in [-0.3, -0.25) is 0 Å². The van der Waals surface area contributed by atoms with E-state index in [0.29, 0.717) is 6.07 Å². The van der Waals surface area contributed by atoms with E-state index in [1.165, 1.54) is 0 Å². The molecule has 0 spiro atoms. The number of esters is 1. The largest absolute Gasteiger partial charge is 0.478 e. The number of aromatic nitrogens is 1. The van der Waals surface area contributed by atoms with Crippen molar-refractivity contribution in [3.63, 3.8) is 0 Å². The second-order valence-corrected chi connectivity index (χ2v) is 3.31. The number of hydrogen-bond donors (Lipinski definition) is 1. The molecule has 0 unspecified atom stereocenters. The summed E-state index contributed by atoms with van der Waals surface area (Å²) in [5.41, 5.74) is -3.20. The highest BCUT2D eigenvalue weighted by Crippen LogP contribution is 2.31. The van der Waals surface area contributed by atoms with Gasteiger partial charge in [-0.15, -0.1) is 0 Å². The maximum Gasteiger partial charge on any atom is 0.434 e. The number of methoxy groups -OCH3 is 1. The fourth-order valence-corrected chi connectivity index (χ4v) is 1.30. The Hall–Kier alpha value is -2.12. The molecule has 0 bridgehead atoms. The van der Waals surface area contributed by atoms with Gasteiger partial charge in [0.1, 0.15) is 0 Å². The Kier molecular flexibility index (Phi) is 3.59. The number of aryl methyl sites for hydroxylation is 1. The highest BCUT2D eigenvalue weighted by atomic mass is 19.4. The fraction of sp³-hybridized carbons (Fsp3) is 0.300. The molecule has 0 aliphatic rings. The quantitative estimate of drug-likeness (QED) is 0.824. The van der Waals surface area contributed by atoms with E-state index in [9.17, 15) is 22.8 Å². The number of aromatic carboxylic acids is 1. The molecule has 8 heteroatoms. The average Bonchev–Trinajstić information content (AvgIpc) is 2.26. The third-order valence-corrected chi connectivity index (χ3v) is 2.12. The molecule has 0 atom stereocenters. The zero-order valence-electron chi connectivity index (χ0n) is 9.33. The van der Waals surface area contributed by atoms with Crippen molar-refractivity contribution in [2.75, 3.05) is 7.11 Å². The van der Waals surface area contributed by atoms with E-state index >= 15 is 0 Å². The van der Waals surface area contributed by atoms with E-state index in [0.717, 1.165) is 14.0 Å². The molecule has 1 N–H and O–H groups in total. The molecule has 0 saturated carbocycles. The van der Waals surface area contributed by atoms with Crippen LogP contribution in [0.25, 0.3) is 0 Å². The summed E-state index contributed by atoms with van der Waals surface area (Å²) in [6.45, 7) is 1.11. The van der Waals surface area contributed by atoms with Crippen molar-refractivity contribution in [2.45, 2.75) is 13.1 Å². The van der Waals surface area contributed by atoms with Crippen LogP contribution in [-0.4, -0.2) is 29.1 Å². The summed E-state index contributed by atoms with van der Waals surface area (Å²) in [6, 6.07) is 0.610. The van der Waals surface area contributed by atoms with Crippen molar-refractivity contribution in [1.82, 2.24) is 4.98 Å². The van der Waals surface area contributed by atoms with E-state index < -0.39 is 34.9 Å². The van der Waals surface area contributed by atoms with Crippen LogP contribution >= 0.6 is 0 Å². The number of carbonyl (C=O) groups excluding carboxylic acids is 1. The Morgan fingerprint density at radius 3 is 2.28 bits per heavy atom. The van der Waals surface area contributed by atoms with Crippen molar-refractivity contribution >= 4 is 11.9 Å². The van der Waals surface area contributed by atoms with Crippen molar-refractivity contribution in [3.8, 4) is 0 Å². The topological polar surface area (TPSA) is 76.5 Å². The van der Waals surface area contributed by atoms with E-state index in [1.807, 2.05) is 0 Å². The van der Waals surface area contributed by atoms with Crippen molar-refractivity contribution < 1.29 is 32.6 Å². The lowest BCUT2D eigenvalue weighted by Crippen LogP contribution is -2.19. The first kappa shape index (κ1) is 13.9. The van der Waals surface area contributed by atoms with Crippen molar-refractivity contribution in [2.24, 2.45) is 0 Å². The zero-order valence-corrected chi connectivity index (χ0v) is 9.33. The van der Waals surface area contributed by atoms with Crippen LogP contribution in [0.1, 0.15) is 32.1 Å². The number of halogens is 3. The molecule has 1 aromatic rings. The molecule has 98 valence electrons. The lowest BCUT2D eigenvalue weighted by molar-refractivity contribution is -0.141. The lowest BCUT2D eigenvalue weighted by atomic mass is 10.1. The first-order valence-electron chi connectivity index (χ1n) is 4.59. The molecule has 0 radical (unpaired) electrons. The molecular formula is C10H8F3NO4. The Balaban J connectivity index is 3.57. The van der Waals surface area contributed by atoms with Crippen molar-refractivity contribution in [1.29, 1.82) is 0 Å². The summed E-state index contributed by atoms with van der Waals surface area (Å²) >= 11 is 0. The van der Waals surface area contributed by atoms with Gasteiger partial charge in [0.05, 0.1) is 23.9 Å². The summed E-state index contributed by atoms with van der Waals surface area (Å²) in [5, 5.41) is 8.76. The monoisotopic (exact) mass is 263 g/mol. The van der Waals surface area contributed by atoms with E-state index in [1.54, 1.807) is 0 Å². The maximum atomic E-state index is 12.6. The number of ether oxygens (including phenoxy) is 1.